The fourth-order valence-corrected chi connectivity index (χ4v) is 5.18. The van der Waals surface area contributed by atoms with Gasteiger partial charge in [0, 0.05) is 18.8 Å². The summed E-state index contributed by atoms with van der Waals surface area (Å²) in [7, 11) is -4.02. The van der Waals surface area contributed by atoms with Crippen molar-refractivity contribution in [1.29, 1.82) is 0 Å². The first kappa shape index (κ1) is 20.3. The molecule has 1 aliphatic heterocycles. The van der Waals surface area contributed by atoms with E-state index in [0.29, 0.717) is 23.6 Å². The third-order valence-corrected chi connectivity index (χ3v) is 7.40. The monoisotopic (exact) mass is 447 g/mol. The summed E-state index contributed by atoms with van der Waals surface area (Å²) in [5, 5.41) is 0.273. The normalized spacial score (nSPS) is 12.9. The first-order chi connectivity index (χ1) is 15.3. The van der Waals surface area contributed by atoms with Crippen molar-refractivity contribution < 1.29 is 17.9 Å². The van der Waals surface area contributed by atoms with Crippen molar-refractivity contribution in [3.8, 4) is 11.5 Å². The van der Waals surface area contributed by atoms with E-state index >= 15 is 0 Å². The molecule has 0 radical (unpaired) electrons. The van der Waals surface area contributed by atoms with Crippen LogP contribution in [0.3, 0.4) is 0 Å². The van der Waals surface area contributed by atoms with Gasteiger partial charge >= 0.3 is 0 Å². The summed E-state index contributed by atoms with van der Waals surface area (Å²) >= 11 is 0. The quantitative estimate of drug-likeness (QED) is 0.468. The van der Waals surface area contributed by atoms with Crippen LogP contribution in [0.15, 0.2) is 81.4 Å². The zero-order chi connectivity index (χ0) is 22.5. The Balaban J connectivity index is 1.76. The van der Waals surface area contributed by atoms with E-state index in [2.05, 4.69) is 0 Å². The van der Waals surface area contributed by atoms with Crippen LogP contribution in [0.4, 0.5) is 0 Å². The van der Waals surface area contributed by atoms with Crippen molar-refractivity contribution in [3.63, 3.8) is 0 Å². The molecule has 32 heavy (non-hydrogen) atoms. The number of ether oxygens (including phenoxy) is 2. The summed E-state index contributed by atoms with van der Waals surface area (Å²) in [6.45, 7) is 4.34. The maximum atomic E-state index is 13.4. The molecule has 0 atom stereocenters. The Labute approximate surface area is 185 Å². The molecule has 0 saturated heterocycles. The molecular formula is C25H21NO5S. The molecule has 0 amide bonds. The number of aryl methyl sites for hydroxylation is 2. The van der Waals surface area contributed by atoms with Crippen molar-refractivity contribution in [3.05, 3.63) is 93.8 Å². The van der Waals surface area contributed by atoms with E-state index in [-0.39, 0.29) is 22.0 Å². The molecule has 5 rings (SSSR count). The Morgan fingerprint density at radius 3 is 2.12 bits per heavy atom. The highest BCUT2D eigenvalue weighted by Gasteiger charge is 2.26. The predicted octanol–water partition coefficient (Wildman–Crippen LogP) is 4.23. The lowest BCUT2D eigenvalue weighted by Gasteiger charge is -2.15. The van der Waals surface area contributed by atoms with Crippen LogP contribution >= 0.6 is 0 Å². The molecule has 2 heterocycles. The summed E-state index contributed by atoms with van der Waals surface area (Å²) in [6.07, 6.45) is 1.43. The molecule has 3 aromatic carbocycles. The maximum absolute atomic E-state index is 13.4. The van der Waals surface area contributed by atoms with Gasteiger partial charge in [-0.15, -0.1) is 0 Å². The Morgan fingerprint density at radius 1 is 0.875 bits per heavy atom. The van der Waals surface area contributed by atoms with Gasteiger partial charge in [0.05, 0.1) is 15.8 Å². The molecule has 162 valence electrons. The number of pyridine rings is 1. The average molecular weight is 448 g/mol. The van der Waals surface area contributed by atoms with Crippen molar-refractivity contribution >= 4 is 20.7 Å². The second-order valence-electron chi connectivity index (χ2n) is 7.98. The van der Waals surface area contributed by atoms with Gasteiger partial charge in [0.25, 0.3) is 0 Å². The summed E-state index contributed by atoms with van der Waals surface area (Å²) in [4.78, 5) is 13.2. The number of fused-ring (bicyclic) bond motifs is 2. The van der Waals surface area contributed by atoms with Crippen molar-refractivity contribution in [2.24, 2.45) is 0 Å². The van der Waals surface area contributed by atoms with E-state index in [0.717, 1.165) is 16.7 Å². The van der Waals surface area contributed by atoms with Crippen LogP contribution in [0.5, 0.6) is 11.5 Å². The zero-order valence-corrected chi connectivity index (χ0v) is 18.5. The molecule has 0 unspecified atom stereocenters. The van der Waals surface area contributed by atoms with Crippen molar-refractivity contribution in [2.75, 3.05) is 6.79 Å². The van der Waals surface area contributed by atoms with E-state index in [1.807, 2.05) is 38.1 Å². The summed E-state index contributed by atoms with van der Waals surface area (Å²) in [6, 6.07) is 17.8. The van der Waals surface area contributed by atoms with Crippen LogP contribution < -0.4 is 14.9 Å². The standard InChI is InChI=1S/C25H21NO5S/c1-16-3-7-18(8-4-16)13-26-14-24(32(28,29)19-9-5-17(2)6-10-19)25(27)20-11-22-23(12-21(20)26)31-15-30-22/h3-12,14H,13,15H2,1-2H3. The highest BCUT2D eigenvalue weighted by atomic mass is 32.2. The number of benzene rings is 3. The molecule has 4 aromatic rings. The Bertz CT molecular complexity index is 1500. The molecule has 0 saturated carbocycles. The summed E-state index contributed by atoms with van der Waals surface area (Å²) in [5.74, 6) is 0.963. The molecule has 0 N–H and O–H groups in total. The second kappa shape index (κ2) is 7.53. The first-order valence-corrected chi connectivity index (χ1v) is 11.7. The fourth-order valence-electron chi connectivity index (χ4n) is 3.81. The van der Waals surface area contributed by atoms with Crippen LogP contribution in [0, 0.1) is 13.8 Å². The smallest absolute Gasteiger partial charge is 0.231 e. The molecule has 0 bridgehead atoms. The first-order valence-electron chi connectivity index (χ1n) is 10.2. The zero-order valence-electron chi connectivity index (χ0n) is 17.7. The lowest BCUT2D eigenvalue weighted by atomic mass is 10.1. The SMILES string of the molecule is Cc1ccc(Cn2cc(S(=O)(=O)c3ccc(C)cc3)c(=O)c3cc4c(cc32)OCO4)cc1. The van der Waals surface area contributed by atoms with Crippen LogP contribution in [-0.2, 0) is 16.4 Å². The molecule has 6 nitrogen and oxygen atoms in total. The second-order valence-corrected chi connectivity index (χ2v) is 9.89. The number of hydrogen-bond donors (Lipinski definition) is 0. The summed E-state index contributed by atoms with van der Waals surface area (Å²) in [5.41, 5.74) is 3.08. The number of sulfone groups is 1. The Hall–Kier alpha value is -3.58. The highest BCUT2D eigenvalue weighted by Crippen LogP contribution is 2.36. The van der Waals surface area contributed by atoms with Gasteiger partial charge < -0.3 is 14.0 Å². The molecule has 7 heteroatoms. The summed E-state index contributed by atoms with van der Waals surface area (Å²) < 4.78 is 39.6. The number of aromatic nitrogens is 1. The largest absolute Gasteiger partial charge is 0.454 e. The molecule has 0 fully saturated rings. The third kappa shape index (κ3) is 3.44. The lowest BCUT2D eigenvalue weighted by molar-refractivity contribution is 0.174. The van der Waals surface area contributed by atoms with Gasteiger partial charge in [-0.2, -0.15) is 0 Å². The predicted molar refractivity (Wildman–Crippen MR) is 121 cm³/mol. The van der Waals surface area contributed by atoms with E-state index in [1.54, 1.807) is 28.8 Å². The molecular weight excluding hydrogens is 426 g/mol. The van der Waals surface area contributed by atoms with Gasteiger partial charge in [-0.3, -0.25) is 4.79 Å². The van der Waals surface area contributed by atoms with Gasteiger partial charge in [-0.1, -0.05) is 47.5 Å². The van der Waals surface area contributed by atoms with Crippen molar-refractivity contribution in [2.45, 2.75) is 30.2 Å². The van der Waals surface area contributed by atoms with Gasteiger partial charge in [0.15, 0.2) is 11.5 Å². The molecule has 1 aromatic heterocycles. The molecule has 0 spiro atoms. The van der Waals surface area contributed by atoms with Gasteiger partial charge in [-0.25, -0.2) is 8.42 Å². The topological polar surface area (TPSA) is 74.6 Å². The third-order valence-electron chi connectivity index (χ3n) is 5.64. The minimum Gasteiger partial charge on any atom is -0.454 e. The van der Waals surface area contributed by atoms with Crippen molar-refractivity contribution in [1.82, 2.24) is 4.57 Å². The van der Waals surface area contributed by atoms with Gasteiger partial charge in [0.2, 0.25) is 22.1 Å². The van der Waals surface area contributed by atoms with E-state index in [9.17, 15) is 13.2 Å². The highest BCUT2D eigenvalue weighted by molar-refractivity contribution is 7.91. The lowest BCUT2D eigenvalue weighted by Crippen LogP contribution is -2.19. The average Bonchev–Trinajstić information content (AvgIpc) is 3.24. The molecule has 1 aliphatic rings. The van der Waals surface area contributed by atoms with Crippen LogP contribution in [0.1, 0.15) is 16.7 Å². The Kier molecular flexibility index (Phi) is 4.78. The fraction of sp³-hybridized carbons (Fsp3) is 0.160. The minimum absolute atomic E-state index is 0.0618. The Morgan fingerprint density at radius 2 is 1.47 bits per heavy atom. The van der Waals surface area contributed by atoms with Gasteiger partial charge in [0.1, 0.15) is 4.90 Å². The number of hydrogen-bond acceptors (Lipinski definition) is 5. The molecule has 0 aliphatic carbocycles. The van der Waals surface area contributed by atoms with E-state index in [4.69, 9.17) is 9.47 Å². The maximum Gasteiger partial charge on any atom is 0.231 e. The minimum atomic E-state index is -4.02. The van der Waals surface area contributed by atoms with Gasteiger partial charge in [-0.05, 0) is 37.6 Å². The van der Waals surface area contributed by atoms with E-state index < -0.39 is 15.3 Å². The van der Waals surface area contributed by atoms with Crippen LogP contribution in [0.2, 0.25) is 0 Å². The van der Waals surface area contributed by atoms with Crippen LogP contribution in [0.25, 0.3) is 10.9 Å². The number of rotatable bonds is 4. The van der Waals surface area contributed by atoms with E-state index in [1.165, 1.54) is 18.3 Å². The number of nitrogens with zero attached hydrogens (tertiary/aromatic N) is 1. The van der Waals surface area contributed by atoms with Crippen LogP contribution in [-0.4, -0.2) is 19.8 Å².